The zero-order chi connectivity index (χ0) is 13.6. The highest BCUT2D eigenvalue weighted by molar-refractivity contribution is 5.77. The van der Waals surface area contributed by atoms with E-state index in [4.69, 9.17) is 10.4 Å². The van der Waals surface area contributed by atoms with Crippen LogP contribution in [-0.2, 0) is 4.79 Å². The number of carboxylic acids is 1. The van der Waals surface area contributed by atoms with Crippen LogP contribution in [0.4, 0.5) is 4.79 Å². The molecular formula is C11H19N3O3. The number of carbonyl (C=O) groups excluding carboxylic acids is 1. The molecule has 2 amide bonds. The minimum atomic E-state index is -1.00. The van der Waals surface area contributed by atoms with Crippen molar-refractivity contribution in [1.29, 1.82) is 5.26 Å². The van der Waals surface area contributed by atoms with E-state index in [1.165, 1.54) is 18.7 Å². The molecule has 6 heteroatoms. The fourth-order valence-corrected chi connectivity index (χ4v) is 0.966. The zero-order valence-electron chi connectivity index (χ0n) is 10.6. The molecule has 0 bridgehead atoms. The molecule has 0 aliphatic rings. The standard InChI is InChI=1S/C11H19N3O3/c1-8(5-6-12)14(4)10(17)13-7-11(2,3)9(15)16/h8H,5,7H2,1-4H3,(H,13,17)(H,15,16). The molecule has 0 aromatic rings. The van der Waals surface area contributed by atoms with Crippen LogP contribution >= 0.6 is 0 Å². The SMILES string of the molecule is CC(CC#N)N(C)C(=O)NCC(C)(C)C(=O)O. The lowest BCUT2D eigenvalue weighted by Crippen LogP contribution is -2.46. The van der Waals surface area contributed by atoms with Crippen LogP contribution < -0.4 is 5.32 Å². The summed E-state index contributed by atoms with van der Waals surface area (Å²) in [4.78, 5) is 23.9. The summed E-state index contributed by atoms with van der Waals surface area (Å²) in [7, 11) is 1.57. The van der Waals surface area contributed by atoms with E-state index >= 15 is 0 Å². The molecule has 96 valence electrons. The highest BCUT2D eigenvalue weighted by atomic mass is 16.4. The third kappa shape index (κ3) is 4.72. The monoisotopic (exact) mass is 241 g/mol. The molecule has 17 heavy (non-hydrogen) atoms. The van der Waals surface area contributed by atoms with Gasteiger partial charge in [-0.05, 0) is 20.8 Å². The normalized spacial score (nSPS) is 12.4. The third-order valence-corrected chi connectivity index (χ3v) is 2.63. The average Bonchev–Trinajstić information content (AvgIpc) is 2.25. The van der Waals surface area contributed by atoms with Gasteiger partial charge in [-0.25, -0.2) is 4.79 Å². The third-order valence-electron chi connectivity index (χ3n) is 2.63. The van der Waals surface area contributed by atoms with Gasteiger partial charge in [0.25, 0.3) is 0 Å². The summed E-state index contributed by atoms with van der Waals surface area (Å²) in [5.41, 5.74) is -1.00. The molecule has 0 spiro atoms. The predicted molar refractivity (Wildman–Crippen MR) is 62.3 cm³/mol. The van der Waals surface area contributed by atoms with Crippen LogP contribution in [0.1, 0.15) is 27.2 Å². The molecule has 0 heterocycles. The van der Waals surface area contributed by atoms with Crippen LogP contribution in [0.2, 0.25) is 0 Å². The van der Waals surface area contributed by atoms with E-state index in [0.29, 0.717) is 0 Å². The Hall–Kier alpha value is -1.77. The number of nitriles is 1. The zero-order valence-corrected chi connectivity index (χ0v) is 10.6. The van der Waals surface area contributed by atoms with Gasteiger partial charge in [0, 0.05) is 19.6 Å². The van der Waals surface area contributed by atoms with Crippen molar-refractivity contribution in [2.45, 2.75) is 33.2 Å². The minimum Gasteiger partial charge on any atom is -0.481 e. The van der Waals surface area contributed by atoms with Crippen LogP contribution in [0.25, 0.3) is 0 Å². The van der Waals surface area contributed by atoms with E-state index < -0.39 is 11.4 Å². The fraction of sp³-hybridized carbons (Fsp3) is 0.727. The molecule has 0 saturated heterocycles. The number of aliphatic carboxylic acids is 1. The van der Waals surface area contributed by atoms with Crippen molar-refractivity contribution in [3.05, 3.63) is 0 Å². The Morgan fingerprint density at radius 2 is 2.06 bits per heavy atom. The maximum absolute atomic E-state index is 11.6. The van der Waals surface area contributed by atoms with Crippen molar-refractivity contribution in [3.8, 4) is 6.07 Å². The Bertz CT molecular complexity index is 333. The van der Waals surface area contributed by atoms with Gasteiger partial charge >= 0.3 is 12.0 Å². The quantitative estimate of drug-likeness (QED) is 0.752. The smallest absolute Gasteiger partial charge is 0.317 e. The number of nitrogens with one attached hydrogen (secondary N) is 1. The summed E-state index contributed by atoms with van der Waals surface area (Å²) in [6.07, 6.45) is 0.242. The molecule has 0 aromatic heterocycles. The van der Waals surface area contributed by atoms with Gasteiger partial charge in [0.05, 0.1) is 17.9 Å². The Balaban J connectivity index is 4.29. The number of urea groups is 1. The maximum Gasteiger partial charge on any atom is 0.317 e. The Kier molecular flexibility index (Phi) is 5.45. The predicted octanol–water partition coefficient (Wildman–Crippen LogP) is 1.04. The molecular weight excluding hydrogens is 222 g/mol. The lowest BCUT2D eigenvalue weighted by molar-refractivity contribution is -0.146. The molecule has 1 unspecified atom stereocenters. The van der Waals surface area contributed by atoms with Crippen LogP contribution in [0.15, 0.2) is 0 Å². The van der Waals surface area contributed by atoms with Crippen LogP contribution in [-0.4, -0.2) is 41.6 Å². The number of carbonyl (C=O) groups is 2. The Labute approximate surface area is 101 Å². The first-order chi connectivity index (χ1) is 7.72. The van der Waals surface area contributed by atoms with Crippen molar-refractivity contribution in [1.82, 2.24) is 10.2 Å². The second-order valence-corrected chi connectivity index (χ2v) is 4.67. The molecule has 0 aromatic carbocycles. The van der Waals surface area contributed by atoms with Gasteiger partial charge in [0.15, 0.2) is 0 Å². The second kappa shape index (κ2) is 6.09. The summed E-state index contributed by atoms with van der Waals surface area (Å²) < 4.78 is 0. The number of amides is 2. The molecule has 0 aliphatic heterocycles. The summed E-state index contributed by atoms with van der Waals surface area (Å²) in [6.45, 7) is 4.87. The maximum atomic E-state index is 11.6. The number of carboxylic acid groups (broad SMARTS) is 1. The molecule has 0 fully saturated rings. The molecule has 0 aliphatic carbocycles. The first-order valence-corrected chi connectivity index (χ1v) is 5.33. The van der Waals surface area contributed by atoms with Gasteiger partial charge in [-0.3, -0.25) is 4.79 Å². The van der Waals surface area contributed by atoms with E-state index in [2.05, 4.69) is 5.32 Å². The van der Waals surface area contributed by atoms with Crippen molar-refractivity contribution >= 4 is 12.0 Å². The summed E-state index contributed by atoms with van der Waals surface area (Å²) >= 11 is 0. The number of rotatable bonds is 5. The molecule has 0 radical (unpaired) electrons. The van der Waals surface area contributed by atoms with Crippen LogP contribution in [0.3, 0.4) is 0 Å². The lowest BCUT2D eigenvalue weighted by Gasteiger charge is -2.26. The van der Waals surface area contributed by atoms with E-state index in [-0.39, 0.29) is 25.0 Å². The number of hydrogen-bond donors (Lipinski definition) is 2. The van der Waals surface area contributed by atoms with Gasteiger partial charge in [-0.1, -0.05) is 0 Å². The summed E-state index contributed by atoms with van der Waals surface area (Å²) in [5, 5.41) is 19.9. The van der Waals surface area contributed by atoms with Gasteiger partial charge in [0.1, 0.15) is 0 Å². The Morgan fingerprint density at radius 1 is 1.53 bits per heavy atom. The first kappa shape index (κ1) is 15.2. The molecule has 1 atom stereocenters. The first-order valence-electron chi connectivity index (χ1n) is 5.33. The van der Waals surface area contributed by atoms with Gasteiger partial charge in [-0.2, -0.15) is 5.26 Å². The Morgan fingerprint density at radius 3 is 2.47 bits per heavy atom. The average molecular weight is 241 g/mol. The molecule has 0 rings (SSSR count). The van der Waals surface area contributed by atoms with Crippen molar-refractivity contribution in [2.24, 2.45) is 5.41 Å². The minimum absolute atomic E-state index is 0.0464. The van der Waals surface area contributed by atoms with E-state index in [1.54, 1.807) is 14.0 Å². The molecule has 6 nitrogen and oxygen atoms in total. The van der Waals surface area contributed by atoms with Crippen molar-refractivity contribution in [2.75, 3.05) is 13.6 Å². The van der Waals surface area contributed by atoms with Gasteiger partial charge in [0.2, 0.25) is 0 Å². The number of nitrogens with zero attached hydrogens (tertiary/aromatic N) is 2. The van der Waals surface area contributed by atoms with E-state index in [1.807, 2.05) is 6.07 Å². The largest absolute Gasteiger partial charge is 0.481 e. The number of hydrogen-bond acceptors (Lipinski definition) is 3. The van der Waals surface area contributed by atoms with Gasteiger partial charge < -0.3 is 15.3 Å². The lowest BCUT2D eigenvalue weighted by atomic mass is 9.94. The van der Waals surface area contributed by atoms with Crippen LogP contribution in [0, 0.1) is 16.7 Å². The summed E-state index contributed by atoms with van der Waals surface area (Å²) in [6, 6.07) is 1.40. The highest BCUT2D eigenvalue weighted by Gasteiger charge is 2.28. The second-order valence-electron chi connectivity index (χ2n) is 4.67. The van der Waals surface area contributed by atoms with Gasteiger partial charge in [-0.15, -0.1) is 0 Å². The van der Waals surface area contributed by atoms with Crippen molar-refractivity contribution < 1.29 is 14.7 Å². The van der Waals surface area contributed by atoms with Crippen molar-refractivity contribution in [3.63, 3.8) is 0 Å². The van der Waals surface area contributed by atoms with E-state index in [9.17, 15) is 9.59 Å². The van der Waals surface area contributed by atoms with E-state index in [0.717, 1.165) is 0 Å². The molecule has 0 saturated carbocycles. The highest BCUT2D eigenvalue weighted by Crippen LogP contribution is 2.13. The fourth-order valence-electron chi connectivity index (χ4n) is 0.966. The summed E-state index contributed by atoms with van der Waals surface area (Å²) in [5.74, 6) is -0.967. The van der Waals surface area contributed by atoms with Crippen LogP contribution in [0.5, 0.6) is 0 Å². The molecule has 2 N–H and O–H groups in total. The topological polar surface area (TPSA) is 93.4 Å².